The summed E-state index contributed by atoms with van der Waals surface area (Å²) >= 11 is 0. The first-order valence-electron chi connectivity index (χ1n) is 5.34. The molecular formula is C12H16N2O. The van der Waals surface area contributed by atoms with Crippen LogP contribution >= 0.6 is 0 Å². The Labute approximate surface area is 89.7 Å². The van der Waals surface area contributed by atoms with Gasteiger partial charge in [-0.25, -0.2) is 4.98 Å². The Morgan fingerprint density at radius 3 is 2.93 bits per heavy atom. The van der Waals surface area contributed by atoms with Gasteiger partial charge in [-0.3, -0.25) is 0 Å². The van der Waals surface area contributed by atoms with Gasteiger partial charge in [-0.2, -0.15) is 0 Å². The molecule has 3 heteroatoms. The van der Waals surface area contributed by atoms with Crippen molar-refractivity contribution in [2.24, 2.45) is 0 Å². The number of hydrogen-bond acceptors (Lipinski definition) is 2. The van der Waals surface area contributed by atoms with Gasteiger partial charge in [0.25, 0.3) is 0 Å². The van der Waals surface area contributed by atoms with E-state index in [1.165, 1.54) is 5.69 Å². The summed E-state index contributed by atoms with van der Waals surface area (Å²) in [6.45, 7) is 6.17. The predicted molar refractivity (Wildman–Crippen MR) is 60.3 cm³/mol. The van der Waals surface area contributed by atoms with Crippen LogP contribution in [0.15, 0.2) is 24.5 Å². The average molecular weight is 204 g/mol. The van der Waals surface area contributed by atoms with E-state index < -0.39 is 0 Å². The third kappa shape index (κ3) is 1.82. The van der Waals surface area contributed by atoms with Crippen molar-refractivity contribution in [2.45, 2.75) is 33.3 Å². The fourth-order valence-electron chi connectivity index (χ4n) is 1.64. The third-order valence-electron chi connectivity index (χ3n) is 2.30. The average Bonchev–Trinajstić information content (AvgIpc) is 2.61. The second-order valence-electron chi connectivity index (χ2n) is 3.84. The summed E-state index contributed by atoms with van der Waals surface area (Å²) < 4.78 is 7.78. The number of fused-ring (bicyclic) bond motifs is 1. The van der Waals surface area contributed by atoms with E-state index in [9.17, 15) is 0 Å². The lowest BCUT2D eigenvalue weighted by Crippen LogP contribution is -2.06. The molecule has 0 amide bonds. The van der Waals surface area contributed by atoms with Crippen LogP contribution in [0, 0.1) is 0 Å². The highest BCUT2D eigenvalue weighted by Crippen LogP contribution is 2.20. The molecule has 0 aliphatic carbocycles. The van der Waals surface area contributed by atoms with Crippen LogP contribution in [0.4, 0.5) is 0 Å². The van der Waals surface area contributed by atoms with Crippen LogP contribution in [0.2, 0.25) is 0 Å². The molecule has 0 aliphatic heterocycles. The summed E-state index contributed by atoms with van der Waals surface area (Å²) in [7, 11) is 0. The first-order valence-corrected chi connectivity index (χ1v) is 5.34. The van der Waals surface area contributed by atoms with Crippen molar-refractivity contribution in [3.8, 4) is 5.75 Å². The Kier molecular flexibility index (Phi) is 2.62. The number of aryl methyl sites for hydroxylation is 1. The first kappa shape index (κ1) is 10.0. The number of pyridine rings is 1. The Morgan fingerprint density at radius 1 is 1.47 bits per heavy atom. The highest BCUT2D eigenvalue weighted by atomic mass is 16.5. The molecule has 80 valence electrons. The lowest BCUT2D eigenvalue weighted by molar-refractivity contribution is 0.244. The van der Waals surface area contributed by atoms with Crippen LogP contribution in [0.5, 0.6) is 5.75 Å². The van der Waals surface area contributed by atoms with Crippen LogP contribution < -0.4 is 4.74 Å². The topological polar surface area (TPSA) is 26.5 Å². The maximum atomic E-state index is 5.70. The van der Waals surface area contributed by atoms with Gasteiger partial charge in [0.1, 0.15) is 0 Å². The van der Waals surface area contributed by atoms with Crippen LogP contribution in [-0.4, -0.2) is 15.5 Å². The summed E-state index contributed by atoms with van der Waals surface area (Å²) in [6, 6.07) is 3.95. The lowest BCUT2D eigenvalue weighted by Gasteiger charge is -2.10. The molecular weight excluding hydrogens is 188 g/mol. The van der Waals surface area contributed by atoms with Gasteiger partial charge >= 0.3 is 0 Å². The molecule has 0 N–H and O–H groups in total. The molecule has 0 bridgehead atoms. The van der Waals surface area contributed by atoms with E-state index in [1.54, 1.807) is 0 Å². The molecule has 0 saturated heterocycles. The number of hydrogen-bond donors (Lipinski definition) is 0. The fraction of sp³-hybridized carbons (Fsp3) is 0.417. The second-order valence-corrected chi connectivity index (χ2v) is 3.84. The molecule has 0 fully saturated rings. The van der Waals surface area contributed by atoms with Crippen molar-refractivity contribution in [1.29, 1.82) is 0 Å². The van der Waals surface area contributed by atoms with Crippen molar-refractivity contribution in [1.82, 2.24) is 9.38 Å². The van der Waals surface area contributed by atoms with E-state index in [4.69, 9.17) is 4.74 Å². The van der Waals surface area contributed by atoms with Gasteiger partial charge in [0.15, 0.2) is 11.4 Å². The van der Waals surface area contributed by atoms with Crippen molar-refractivity contribution in [2.75, 3.05) is 0 Å². The molecule has 2 aromatic rings. The second kappa shape index (κ2) is 3.93. The van der Waals surface area contributed by atoms with E-state index in [2.05, 4.69) is 16.3 Å². The highest BCUT2D eigenvalue weighted by Gasteiger charge is 2.07. The molecule has 0 radical (unpaired) electrons. The van der Waals surface area contributed by atoms with Crippen molar-refractivity contribution < 1.29 is 4.74 Å². The molecule has 0 saturated carbocycles. The number of ether oxygens (including phenoxy) is 1. The Balaban J connectivity index is 2.52. The van der Waals surface area contributed by atoms with Crippen LogP contribution in [0.25, 0.3) is 5.65 Å². The molecule has 15 heavy (non-hydrogen) atoms. The molecule has 0 unspecified atom stereocenters. The molecule has 0 aromatic carbocycles. The van der Waals surface area contributed by atoms with Gasteiger partial charge in [0.2, 0.25) is 0 Å². The maximum Gasteiger partial charge on any atom is 0.179 e. The van der Waals surface area contributed by atoms with Crippen LogP contribution in [-0.2, 0) is 6.42 Å². The minimum atomic E-state index is 0.179. The molecule has 0 spiro atoms. The maximum absolute atomic E-state index is 5.70. The minimum Gasteiger partial charge on any atom is -0.487 e. The number of imidazole rings is 1. The van der Waals surface area contributed by atoms with E-state index in [0.717, 1.165) is 17.8 Å². The zero-order valence-corrected chi connectivity index (χ0v) is 9.40. The molecule has 2 aromatic heterocycles. The van der Waals surface area contributed by atoms with Gasteiger partial charge in [-0.05, 0) is 32.4 Å². The molecule has 0 atom stereocenters. The number of aromatic nitrogens is 2. The van der Waals surface area contributed by atoms with E-state index >= 15 is 0 Å². The molecule has 3 nitrogen and oxygen atoms in total. The lowest BCUT2D eigenvalue weighted by atomic mass is 10.3. The summed E-state index contributed by atoms with van der Waals surface area (Å²) in [5.41, 5.74) is 2.11. The number of rotatable bonds is 3. The Morgan fingerprint density at radius 2 is 2.27 bits per heavy atom. The van der Waals surface area contributed by atoms with Gasteiger partial charge < -0.3 is 9.14 Å². The summed E-state index contributed by atoms with van der Waals surface area (Å²) in [4.78, 5) is 4.38. The van der Waals surface area contributed by atoms with Gasteiger partial charge in [-0.1, -0.05) is 6.92 Å². The van der Waals surface area contributed by atoms with Gasteiger partial charge in [0.05, 0.1) is 6.10 Å². The van der Waals surface area contributed by atoms with E-state index in [1.807, 2.05) is 38.4 Å². The highest BCUT2D eigenvalue weighted by molar-refractivity contribution is 5.54. The smallest absolute Gasteiger partial charge is 0.179 e. The van der Waals surface area contributed by atoms with Gasteiger partial charge in [0, 0.05) is 18.1 Å². The van der Waals surface area contributed by atoms with Crippen LogP contribution in [0.3, 0.4) is 0 Å². The largest absolute Gasteiger partial charge is 0.487 e. The zero-order valence-electron chi connectivity index (χ0n) is 9.40. The SMILES string of the molecule is CCc1cnc2c(OC(C)C)cccn12. The fourth-order valence-corrected chi connectivity index (χ4v) is 1.64. The summed E-state index contributed by atoms with van der Waals surface area (Å²) in [5.74, 6) is 0.854. The standard InChI is InChI=1S/C12H16N2O/c1-4-10-8-13-12-11(15-9(2)3)6-5-7-14(10)12/h5-9H,4H2,1-3H3. The molecule has 0 aliphatic rings. The van der Waals surface area contributed by atoms with Gasteiger partial charge in [-0.15, -0.1) is 0 Å². The normalized spacial score (nSPS) is 11.2. The summed E-state index contributed by atoms with van der Waals surface area (Å²) in [6.07, 6.45) is 5.08. The van der Waals surface area contributed by atoms with E-state index in [-0.39, 0.29) is 6.10 Å². The minimum absolute atomic E-state index is 0.179. The van der Waals surface area contributed by atoms with Crippen LogP contribution in [0.1, 0.15) is 26.5 Å². The predicted octanol–water partition coefficient (Wildman–Crippen LogP) is 2.68. The first-order chi connectivity index (χ1) is 7.22. The monoisotopic (exact) mass is 204 g/mol. The molecule has 2 rings (SSSR count). The van der Waals surface area contributed by atoms with E-state index in [0.29, 0.717) is 0 Å². The third-order valence-corrected chi connectivity index (χ3v) is 2.30. The van der Waals surface area contributed by atoms with Crippen molar-refractivity contribution >= 4 is 5.65 Å². The zero-order chi connectivity index (χ0) is 10.8. The van der Waals surface area contributed by atoms with Crippen molar-refractivity contribution in [3.63, 3.8) is 0 Å². The summed E-state index contributed by atoms with van der Waals surface area (Å²) in [5, 5.41) is 0. The Hall–Kier alpha value is -1.51. The number of nitrogens with zero attached hydrogens (tertiary/aromatic N) is 2. The van der Waals surface area contributed by atoms with Crippen molar-refractivity contribution in [3.05, 3.63) is 30.2 Å². The Bertz CT molecular complexity index is 460. The molecule has 2 heterocycles. The quantitative estimate of drug-likeness (QED) is 0.768.